The number of aliphatic hydroxyl groups excluding tert-OH is 1. The Bertz CT molecular complexity index is 1260. The van der Waals surface area contributed by atoms with Gasteiger partial charge in [0.05, 0.1) is 29.4 Å². The predicted molar refractivity (Wildman–Crippen MR) is 122 cm³/mol. The molecule has 0 amide bonds. The van der Waals surface area contributed by atoms with Crippen LogP contribution in [0.15, 0.2) is 10.8 Å². The highest BCUT2D eigenvalue weighted by atomic mass is 32.1. The second-order valence-electron chi connectivity index (χ2n) is 9.45. The van der Waals surface area contributed by atoms with Crippen LogP contribution in [-0.4, -0.2) is 67.9 Å². The molecule has 1 saturated heterocycles. The fraction of sp³-hybridized carbons (Fsp3) is 0.458. The second kappa shape index (κ2) is 8.19. The van der Waals surface area contributed by atoms with Gasteiger partial charge in [0.2, 0.25) is 0 Å². The molecule has 11 heteroatoms. The SMILES string of the molecule is CC(=O)[C@@]1(O)Cc2c(O)c3c(c(O)c2[C@H](O[C@H]2C[C@H](N)[C@H](O)[C@H](C)O2)C1)C(=O)c1cscc1C3=O. The zero-order valence-electron chi connectivity index (χ0n) is 19.0. The molecule has 5 rings (SSSR count). The number of phenolic OH excluding ortho intramolecular Hbond substituents is 2. The van der Waals surface area contributed by atoms with Gasteiger partial charge >= 0.3 is 0 Å². The molecular formula is C24H25NO9S. The maximum Gasteiger partial charge on any atom is 0.199 e. The van der Waals surface area contributed by atoms with Crippen molar-refractivity contribution < 1.29 is 44.3 Å². The van der Waals surface area contributed by atoms with Crippen molar-refractivity contribution in [3.05, 3.63) is 44.1 Å². The predicted octanol–water partition coefficient (Wildman–Crippen LogP) is 1.08. The van der Waals surface area contributed by atoms with E-state index >= 15 is 0 Å². The van der Waals surface area contributed by atoms with Crippen molar-refractivity contribution in [1.82, 2.24) is 0 Å². The highest BCUT2D eigenvalue weighted by Crippen LogP contribution is 2.52. The summed E-state index contributed by atoms with van der Waals surface area (Å²) in [5.41, 5.74) is 3.51. The topological polar surface area (TPSA) is 177 Å². The molecular weight excluding hydrogens is 478 g/mol. The Morgan fingerprint density at radius 1 is 1.17 bits per heavy atom. The molecule has 1 fully saturated rings. The first-order valence-electron chi connectivity index (χ1n) is 11.2. The summed E-state index contributed by atoms with van der Waals surface area (Å²) in [4.78, 5) is 38.7. The minimum absolute atomic E-state index is 0.00273. The maximum atomic E-state index is 13.2. The number of nitrogens with two attached hydrogens (primary N) is 1. The third-order valence-corrected chi connectivity index (χ3v) is 7.97. The lowest BCUT2D eigenvalue weighted by molar-refractivity contribution is -0.247. The molecule has 6 atom stereocenters. The molecule has 186 valence electrons. The van der Waals surface area contributed by atoms with Crippen LogP contribution in [0.4, 0.5) is 0 Å². The molecule has 0 unspecified atom stereocenters. The van der Waals surface area contributed by atoms with Crippen molar-refractivity contribution in [3.63, 3.8) is 0 Å². The Kier molecular flexibility index (Phi) is 5.62. The second-order valence-corrected chi connectivity index (χ2v) is 10.2. The van der Waals surface area contributed by atoms with Crippen molar-refractivity contribution in [2.45, 2.75) is 69.4 Å². The normalized spacial score (nSPS) is 32.1. The van der Waals surface area contributed by atoms with Crippen LogP contribution < -0.4 is 5.73 Å². The standard InChI is InChI=1S/C24H25NO9S/c1-8-19(27)13(25)3-15(33-8)34-14-5-24(32,9(2)26)4-10-16(14)23(31)18-17(20(10)28)21(29)11-6-35-7-12(11)22(18)30/h6-8,13-15,19,27-28,31-32H,3-5,25H2,1-2H3/t8-,13-,14+,15-,19+,24+/m0/s1. The van der Waals surface area contributed by atoms with Crippen molar-refractivity contribution in [3.8, 4) is 11.5 Å². The molecule has 0 bridgehead atoms. The molecule has 1 aromatic carbocycles. The van der Waals surface area contributed by atoms with Gasteiger partial charge in [-0.2, -0.15) is 11.3 Å². The van der Waals surface area contributed by atoms with Crippen molar-refractivity contribution in [2.24, 2.45) is 5.73 Å². The molecule has 35 heavy (non-hydrogen) atoms. The van der Waals surface area contributed by atoms with Gasteiger partial charge in [-0.05, 0) is 13.8 Å². The third-order valence-electron chi connectivity index (χ3n) is 7.23. The van der Waals surface area contributed by atoms with E-state index in [0.29, 0.717) is 0 Å². The van der Waals surface area contributed by atoms with Gasteiger partial charge in [-0.25, -0.2) is 0 Å². The van der Waals surface area contributed by atoms with Crippen LogP contribution in [0.25, 0.3) is 0 Å². The van der Waals surface area contributed by atoms with E-state index in [1.54, 1.807) is 6.92 Å². The maximum absolute atomic E-state index is 13.2. The summed E-state index contributed by atoms with van der Waals surface area (Å²) in [6, 6.07) is -0.666. The summed E-state index contributed by atoms with van der Waals surface area (Å²) >= 11 is 1.14. The van der Waals surface area contributed by atoms with E-state index in [-0.39, 0.29) is 52.6 Å². The number of phenols is 2. The fourth-order valence-electron chi connectivity index (χ4n) is 5.19. The molecule has 2 aromatic rings. The number of aromatic hydroxyl groups is 2. The first-order chi connectivity index (χ1) is 16.4. The van der Waals surface area contributed by atoms with Gasteiger partial charge in [0.15, 0.2) is 23.6 Å². The van der Waals surface area contributed by atoms with Gasteiger partial charge in [0.25, 0.3) is 0 Å². The van der Waals surface area contributed by atoms with Gasteiger partial charge in [-0.3, -0.25) is 14.4 Å². The van der Waals surface area contributed by atoms with Gasteiger partial charge in [-0.15, -0.1) is 0 Å². The van der Waals surface area contributed by atoms with Crippen LogP contribution in [0.1, 0.15) is 75.8 Å². The van der Waals surface area contributed by atoms with Gasteiger partial charge < -0.3 is 35.6 Å². The molecule has 2 aliphatic carbocycles. The Morgan fingerprint density at radius 3 is 2.34 bits per heavy atom. The van der Waals surface area contributed by atoms with E-state index in [2.05, 4.69) is 0 Å². The van der Waals surface area contributed by atoms with E-state index in [1.165, 1.54) is 17.7 Å². The minimum atomic E-state index is -1.97. The molecule has 0 spiro atoms. The first kappa shape index (κ1) is 24.0. The van der Waals surface area contributed by atoms with Crippen molar-refractivity contribution in [1.29, 1.82) is 0 Å². The molecule has 10 nitrogen and oxygen atoms in total. The number of benzene rings is 1. The van der Waals surface area contributed by atoms with Crippen LogP contribution in [0.3, 0.4) is 0 Å². The zero-order chi connectivity index (χ0) is 25.4. The number of rotatable bonds is 3. The number of carbonyl (C=O) groups excluding carboxylic acids is 3. The lowest BCUT2D eigenvalue weighted by atomic mass is 9.72. The monoisotopic (exact) mass is 503 g/mol. The van der Waals surface area contributed by atoms with Gasteiger partial charge in [-0.1, -0.05) is 0 Å². The molecule has 0 saturated carbocycles. The van der Waals surface area contributed by atoms with E-state index in [0.717, 1.165) is 11.3 Å². The highest BCUT2D eigenvalue weighted by molar-refractivity contribution is 7.08. The Hall–Kier alpha value is -2.67. The van der Waals surface area contributed by atoms with E-state index in [1.807, 2.05) is 0 Å². The molecule has 6 N–H and O–H groups in total. The van der Waals surface area contributed by atoms with E-state index < -0.39 is 65.1 Å². The van der Waals surface area contributed by atoms with Crippen molar-refractivity contribution in [2.75, 3.05) is 0 Å². The number of ketones is 3. The third kappa shape index (κ3) is 3.53. The summed E-state index contributed by atoms with van der Waals surface area (Å²) in [6.07, 6.45) is -4.33. The van der Waals surface area contributed by atoms with Gasteiger partial charge in [0, 0.05) is 58.3 Å². The number of carbonyl (C=O) groups is 3. The molecule has 1 aliphatic heterocycles. The van der Waals surface area contributed by atoms with Gasteiger partial charge in [0.1, 0.15) is 17.1 Å². The number of Topliss-reactive ketones (excluding diaryl/α,β-unsaturated/α-hetero) is 1. The lowest BCUT2D eigenvalue weighted by Crippen LogP contribution is -2.52. The summed E-state index contributed by atoms with van der Waals surface area (Å²) in [7, 11) is 0. The van der Waals surface area contributed by atoms with Crippen LogP contribution in [0.2, 0.25) is 0 Å². The fourth-order valence-corrected chi connectivity index (χ4v) is 6.00. The van der Waals surface area contributed by atoms with E-state index in [9.17, 15) is 34.8 Å². The molecule has 2 heterocycles. The smallest absolute Gasteiger partial charge is 0.199 e. The molecule has 3 aliphatic rings. The number of hydrogen-bond acceptors (Lipinski definition) is 11. The Morgan fingerprint density at radius 2 is 1.77 bits per heavy atom. The molecule has 0 radical (unpaired) electrons. The summed E-state index contributed by atoms with van der Waals surface area (Å²) in [6.45, 7) is 2.80. The zero-order valence-corrected chi connectivity index (χ0v) is 19.8. The summed E-state index contributed by atoms with van der Waals surface area (Å²) < 4.78 is 11.7. The van der Waals surface area contributed by atoms with E-state index in [4.69, 9.17) is 15.2 Å². The Labute approximate surface area is 203 Å². The van der Waals surface area contributed by atoms with Crippen molar-refractivity contribution >= 4 is 28.7 Å². The minimum Gasteiger partial charge on any atom is -0.507 e. The van der Waals surface area contributed by atoms with Crippen LogP contribution in [-0.2, 0) is 20.7 Å². The highest BCUT2D eigenvalue weighted by Gasteiger charge is 2.49. The number of fused-ring (bicyclic) bond motifs is 3. The largest absolute Gasteiger partial charge is 0.507 e. The number of hydrogen-bond donors (Lipinski definition) is 5. The lowest BCUT2D eigenvalue weighted by Gasteiger charge is -2.42. The average molecular weight is 504 g/mol. The summed E-state index contributed by atoms with van der Waals surface area (Å²) in [5.74, 6) is -2.98. The molecule has 1 aromatic heterocycles. The quantitative estimate of drug-likeness (QED) is 0.325. The number of thiophene rings is 1. The van der Waals surface area contributed by atoms with Crippen LogP contribution in [0.5, 0.6) is 11.5 Å². The van der Waals surface area contributed by atoms with Crippen LogP contribution >= 0.6 is 11.3 Å². The average Bonchev–Trinajstić information content (AvgIpc) is 3.28. The number of ether oxygens (including phenoxy) is 2. The number of aliphatic hydroxyl groups is 2. The summed E-state index contributed by atoms with van der Waals surface area (Å²) in [5, 5.41) is 46.6. The van der Waals surface area contributed by atoms with Crippen LogP contribution in [0, 0.1) is 0 Å². The Balaban J connectivity index is 1.66. The first-order valence-corrected chi connectivity index (χ1v) is 12.1.